The molecule has 10 aromatic carbocycles. The van der Waals surface area contributed by atoms with Crippen LogP contribution in [0.4, 0.5) is 17.1 Å². The van der Waals surface area contributed by atoms with E-state index in [0.29, 0.717) is 0 Å². The number of hydrogen-bond acceptors (Lipinski definition) is 2. The van der Waals surface area contributed by atoms with Gasteiger partial charge in [-0.15, -0.1) is 0 Å². The molecule has 0 bridgehead atoms. The van der Waals surface area contributed by atoms with Gasteiger partial charge >= 0.3 is 0 Å². The minimum Gasteiger partial charge on any atom is -0.454 e. The Kier molecular flexibility index (Phi) is 7.53. The lowest BCUT2D eigenvalue weighted by Crippen LogP contribution is -2.10. The van der Waals surface area contributed by atoms with Crippen molar-refractivity contribution in [3.05, 3.63) is 212 Å². The number of para-hydroxylation sites is 1. The monoisotopic (exact) mass is 713 g/mol. The van der Waals surface area contributed by atoms with E-state index in [4.69, 9.17) is 4.42 Å². The number of anilines is 3. The molecule has 0 N–H and O–H groups in total. The molecule has 1 aromatic heterocycles. The topological polar surface area (TPSA) is 16.4 Å². The minimum atomic E-state index is 0.873. The summed E-state index contributed by atoms with van der Waals surface area (Å²) in [6.45, 7) is 0. The molecule has 0 aliphatic heterocycles. The number of hydrogen-bond donors (Lipinski definition) is 0. The summed E-state index contributed by atoms with van der Waals surface area (Å²) >= 11 is 0. The van der Waals surface area contributed by atoms with E-state index in [1.807, 2.05) is 6.07 Å². The summed E-state index contributed by atoms with van der Waals surface area (Å²) in [5, 5.41) is 9.57. The lowest BCUT2D eigenvalue weighted by molar-refractivity contribution is 0.669. The van der Waals surface area contributed by atoms with Gasteiger partial charge in [0.05, 0.1) is 5.69 Å². The van der Waals surface area contributed by atoms with Crippen LogP contribution < -0.4 is 4.90 Å². The molecule has 2 heteroatoms. The summed E-state index contributed by atoms with van der Waals surface area (Å²) in [5.74, 6) is 0. The normalized spacial score (nSPS) is 11.6. The zero-order valence-electron chi connectivity index (χ0n) is 30.6. The van der Waals surface area contributed by atoms with E-state index in [1.54, 1.807) is 0 Å². The average molecular weight is 714 g/mol. The van der Waals surface area contributed by atoms with E-state index >= 15 is 0 Å². The molecular weight excluding hydrogens is 679 g/mol. The SMILES string of the molecule is c1ccc(-c2ccc(N(c3ccc(-c4ccc5ccc(-c6ccc7ccccc7c6)cc5c4)cc3)c3cc4ccccc4c4c3oc3ccccc34)cc2)cc1. The maximum Gasteiger partial charge on any atom is 0.160 e. The molecule has 0 aliphatic carbocycles. The van der Waals surface area contributed by atoms with E-state index in [1.165, 1.54) is 65.7 Å². The van der Waals surface area contributed by atoms with Crippen molar-refractivity contribution < 1.29 is 4.42 Å². The number of fused-ring (bicyclic) bond motifs is 7. The fourth-order valence-corrected chi connectivity index (χ4v) is 8.36. The van der Waals surface area contributed by atoms with Crippen LogP contribution in [0.5, 0.6) is 0 Å². The second kappa shape index (κ2) is 13.2. The molecule has 0 spiro atoms. The number of nitrogens with zero attached hydrogens (tertiary/aromatic N) is 1. The fourth-order valence-electron chi connectivity index (χ4n) is 8.36. The van der Waals surface area contributed by atoms with Crippen LogP contribution in [0.25, 0.3) is 87.6 Å². The molecule has 1 heterocycles. The van der Waals surface area contributed by atoms with Crippen LogP contribution in [0.3, 0.4) is 0 Å². The Hall–Kier alpha value is -7.42. The van der Waals surface area contributed by atoms with E-state index in [-0.39, 0.29) is 0 Å². The summed E-state index contributed by atoms with van der Waals surface area (Å²) in [7, 11) is 0. The molecule has 0 radical (unpaired) electrons. The Bertz CT molecular complexity index is 3230. The van der Waals surface area contributed by atoms with E-state index in [2.05, 4.69) is 211 Å². The standard InChI is InChI=1S/C54H35NO/c1-2-10-36(11-3-1)38-24-28-47(29-25-38)55(51-35-45-14-6-7-15-49(45)53-50-16-8-9-17-52(50)56-54(51)53)48-30-26-39(27-31-48)42-21-19-40-20-23-44(34-46(40)33-42)43-22-18-37-12-4-5-13-41(37)32-43/h1-35H. The molecule has 0 unspecified atom stereocenters. The Labute approximate surface area is 325 Å². The number of furan rings is 1. The van der Waals surface area contributed by atoms with Gasteiger partial charge in [-0.25, -0.2) is 0 Å². The van der Waals surface area contributed by atoms with E-state index < -0.39 is 0 Å². The highest BCUT2D eigenvalue weighted by molar-refractivity contribution is 6.23. The average Bonchev–Trinajstić information content (AvgIpc) is 3.67. The lowest BCUT2D eigenvalue weighted by Gasteiger charge is -2.26. The Morgan fingerprint density at radius 2 is 0.768 bits per heavy atom. The van der Waals surface area contributed by atoms with Gasteiger partial charge in [-0.1, -0.05) is 158 Å². The van der Waals surface area contributed by atoms with E-state index in [9.17, 15) is 0 Å². The highest BCUT2D eigenvalue weighted by Crippen LogP contribution is 2.46. The quantitative estimate of drug-likeness (QED) is 0.171. The fraction of sp³-hybridized carbons (Fsp3) is 0. The minimum absolute atomic E-state index is 0.873. The first-order chi connectivity index (χ1) is 27.7. The second-order valence-corrected chi connectivity index (χ2v) is 14.6. The van der Waals surface area contributed by atoms with Gasteiger partial charge in [0.1, 0.15) is 5.58 Å². The predicted molar refractivity (Wildman–Crippen MR) is 237 cm³/mol. The molecule has 0 aliphatic rings. The number of rotatable bonds is 6. The highest BCUT2D eigenvalue weighted by atomic mass is 16.3. The first kappa shape index (κ1) is 32.0. The van der Waals surface area contributed by atoms with Crippen LogP contribution in [0.1, 0.15) is 0 Å². The first-order valence-corrected chi connectivity index (χ1v) is 19.2. The zero-order chi connectivity index (χ0) is 37.0. The molecule has 0 atom stereocenters. The molecule has 11 rings (SSSR count). The van der Waals surface area contributed by atoms with Crippen LogP contribution in [-0.4, -0.2) is 0 Å². The van der Waals surface area contributed by atoms with Gasteiger partial charge in [-0.2, -0.15) is 0 Å². The van der Waals surface area contributed by atoms with Gasteiger partial charge in [0.25, 0.3) is 0 Å². The maximum absolute atomic E-state index is 6.76. The van der Waals surface area contributed by atoms with Crippen molar-refractivity contribution in [1.82, 2.24) is 0 Å². The van der Waals surface area contributed by atoms with Gasteiger partial charge in [0.15, 0.2) is 5.58 Å². The first-order valence-electron chi connectivity index (χ1n) is 19.2. The zero-order valence-corrected chi connectivity index (χ0v) is 30.6. The molecule has 262 valence electrons. The summed E-state index contributed by atoms with van der Waals surface area (Å²) in [4.78, 5) is 2.34. The van der Waals surface area contributed by atoms with E-state index in [0.717, 1.165) is 39.0 Å². The Morgan fingerprint density at radius 1 is 0.304 bits per heavy atom. The van der Waals surface area contributed by atoms with Crippen molar-refractivity contribution in [3.63, 3.8) is 0 Å². The third-order valence-corrected chi connectivity index (χ3v) is 11.2. The molecule has 2 nitrogen and oxygen atoms in total. The predicted octanol–water partition coefficient (Wildman–Crippen LogP) is 15.5. The Morgan fingerprint density at radius 3 is 1.45 bits per heavy atom. The molecular formula is C54H35NO. The smallest absolute Gasteiger partial charge is 0.160 e. The van der Waals surface area contributed by atoms with Crippen LogP contribution in [-0.2, 0) is 0 Å². The van der Waals surface area contributed by atoms with Crippen LogP contribution >= 0.6 is 0 Å². The highest BCUT2D eigenvalue weighted by Gasteiger charge is 2.22. The molecule has 56 heavy (non-hydrogen) atoms. The second-order valence-electron chi connectivity index (χ2n) is 14.6. The molecule has 0 saturated heterocycles. The largest absolute Gasteiger partial charge is 0.454 e. The van der Waals surface area contributed by atoms with Gasteiger partial charge in [0, 0.05) is 22.1 Å². The van der Waals surface area contributed by atoms with Crippen molar-refractivity contribution in [1.29, 1.82) is 0 Å². The molecule has 0 saturated carbocycles. The van der Waals surface area contributed by atoms with Crippen LogP contribution in [0, 0.1) is 0 Å². The van der Waals surface area contributed by atoms with Gasteiger partial charge in [-0.05, 0) is 120 Å². The van der Waals surface area contributed by atoms with Gasteiger partial charge in [0.2, 0.25) is 0 Å². The van der Waals surface area contributed by atoms with Crippen LogP contribution in [0.2, 0.25) is 0 Å². The maximum atomic E-state index is 6.76. The summed E-state index contributed by atoms with van der Waals surface area (Å²) in [6.07, 6.45) is 0. The van der Waals surface area contributed by atoms with Gasteiger partial charge in [-0.3, -0.25) is 0 Å². The summed E-state index contributed by atoms with van der Waals surface area (Å²) in [5.41, 5.74) is 12.0. The Balaban J connectivity index is 1.03. The lowest BCUT2D eigenvalue weighted by atomic mass is 9.96. The molecule has 0 fully saturated rings. The van der Waals surface area contributed by atoms with Crippen LogP contribution in [0.15, 0.2) is 217 Å². The number of benzene rings is 10. The molecule has 0 amide bonds. The van der Waals surface area contributed by atoms with Gasteiger partial charge < -0.3 is 9.32 Å². The van der Waals surface area contributed by atoms with Crippen molar-refractivity contribution in [3.8, 4) is 33.4 Å². The third-order valence-electron chi connectivity index (χ3n) is 11.2. The molecule has 11 aromatic rings. The van der Waals surface area contributed by atoms with Crippen molar-refractivity contribution >= 4 is 71.3 Å². The summed E-state index contributed by atoms with van der Waals surface area (Å²) < 4.78 is 6.76. The van der Waals surface area contributed by atoms with Crippen molar-refractivity contribution in [2.75, 3.05) is 4.90 Å². The van der Waals surface area contributed by atoms with Crippen molar-refractivity contribution in [2.45, 2.75) is 0 Å². The summed E-state index contributed by atoms with van der Waals surface area (Å²) in [6, 6.07) is 76.5. The third kappa shape index (κ3) is 5.51. The van der Waals surface area contributed by atoms with Crippen molar-refractivity contribution in [2.24, 2.45) is 0 Å².